The predicted molar refractivity (Wildman–Crippen MR) is 109 cm³/mol. The Bertz CT molecular complexity index is 747. The molecule has 0 aromatic carbocycles. The third-order valence-electron chi connectivity index (χ3n) is 4.28. The molecule has 3 heterocycles. The highest BCUT2D eigenvalue weighted by Gasteiger charge is 2.23. The minimum absolute atomic E-state index is 0.401. The standard InChI is InChI=1S/C18H23ClN6S/c1-12-6-13(2)11-25(10-12)16-7-15(19)22-17(23-16)24-18(26)21-9-14-4-3-5-20-8-14/h3-5,7-8,12-13H,6,9-11H2,1-2H3,(H2,21,22,23,24,26)/t12-,13-/m1/s1. The number of nitrogens with zero attached hydrogens (tertiary/aromatic N) is 4. The van der Waals surface area contributed by atoms with E-state index in [1.165, 1.54) is 6.42 Å². The largest absolute Gasteiger partial charge is 0.358 e. The first kappa shape index (κ1) is 18.8. The summed E-state index contributed by atoms with van der Waals surface area (Å²) in [5.74, 6) is 2.50. The van der Waals surface area contributed by atoms with Gasteiger partial charge in [0.1, 0.15) is 11.0 Å². The van der Waals surface area contributed by atoms with Crippen molar-refractivity contribution in [1.82, 2.24) is 20.3 Å². The molecule has 0 saturated carbocycles. The zero-order valence-corrected chi connectivity index (χ0v) is 16.5. The van der Waals surface area contributed by atoms with Gasteiger partial charge in [0.05, 0.1) is 0 Å². The number of piperidine rings is 1. The van der Waals surface area contributed by atoms with E-state index < -0.39 is 0 Å². The van der Waals surface area contributed by atoms with Crippen LogP contribution in [0.1, 0.15) is 25.8 Å². The molecule has 1 saturated heterocycles. The molecule has 2 aromatic rings. The molecule has 2 aromatic heterocycles. The summed E-state index contributed by atoms with van der Waals surface area (Å²) < 4.78 is 0. The molecule has 1 aliphatic heterocycles. The van der Waals surface area contributed by atoms with Gasteiger partial charge >= 0.3 is 0 Å². The first-order chi connectivity index (χ1) is 12.5. The van der Waals surface area contributed by atoms with Gasteiger partial charge < -0.3 is 15.5 Å². The van der Waals surface area contributed by atoms with E-state index in [1.807, 2.05) is 18.2 Å². The molecular formula is C18H23ClN6S. The minimum Gasteiger partial charge on any atom is -0.358 e. The number of aromatic nitrogens is 3. The lowest BCUT2D eigenvalue weighted by Crippen LogP contribution is -2.39. The summed E-state index contributed by atoms with van der Waals surface area (Å²) in [6.45, 7) is 7.06. The molecule has 0 spiro atoms. The molecule has 0 radical (unpaired) electrons. The van der Waals surface area contributed by atoms with Crippen LogP contribution >= 0.6 is 23.8 Å². The predicted octanol–water partition coefficient (Wildman–Crippen LogP) is 3.49. The Balaban J connectivity index is 1.64. The van der Waals surface area contributed by atoms with Crippen molar-refractivity contribution < 1.29 is 0 Å². The summed E-state index contributed by atoms with van der Waals surface area (Å²) >= 11 is 11.5. The summed E-state index contributed by atoms with van der Waals surface area (Å²) in [6, 6.07) is 5.68. The van der Waals surface area contributed by atoms with Gasteiger partial charge in [-0.2, -0.15) is 4.98 Å². The van der Waals surface area contributed by atoms with Crippen molar-refractivity contribution in [2.24, 2.45) is 11.8 Å². The molecule has 1 aliphatic rings. The fourth-order valence-electron chi connectivity index (χ4n) is 3.30. The molecule has 0 amide bonds. The van der Waals surface area contributed by atoms with Crippen LogP contribution in [0.5, 0.6) is 0 Å². The third-order valence-corrected chi connectivity index (χ3v) is 4.72. The zero-order chi connectivity index (χ0) is 18.5. The summed E-state index contributed by atoms with van der Waals surface area (Å²) in [6.07, 6.45) is 4.77. The Morgan fingerprint density at radius 2 is 2.08 bits per heavy atom. The van der Waals surface area contributed by atoms with Crippen LogP contribution in [-0.2, 0) is 6.54 Å². The molecule has 6 nitrogen and oxygen atoms in total. The Hall–Kier alpha value is -1.99. The zero-order valence-electron chi connectivity index (χ0n) is 14.9. The number of hydrogen-bond acceptors (Lipinski definition) is 5. The second-order valence-electron chi connectivity index (χ2n) is 6.89. The highest BCUT2D eigenvalue weighted by molar-refractivity contribution is 7.80. The maximum atomic E-state index is 6.21. The molecule has 2 atom stereocenters. The Morgan fingerprint density at radius 3 is 2.77 bits per heavy atom. The van der Waals surface area contributed by atoms with Crippen LogP contribution in [0.15, 0.2) is 30.6 Å². The Kier molecular flexibility index (Phi) is 6.21. The SMILES string of the molecule is C[C@@H]1C[C@@H](C)CN(c2cc(Cl)nc(NC(=S)NCc3cccnc3)n2)C1. The highest BCUT2D eigenvalue weighted by Crippen LogP contribution is 2.27. The minimum atomic E-state index is 0.401. The molecule has 3 rings (SSSR count). The number of nitrogens with one attached hydrogen (secondary N) is 2. The highest BCUT2D eigenvalue weighted by atomic mass is 35.5. The summed E-state index contributed by atoms with van der Waals surface area (Å²) in [5.41, 5.74) is 1.04. The number of rotatable bonds is 4. The van der Waals surface area contributed by atoms with Crippen molar-refractivity contribution in [2.45, 2.75) is 26.8 Å². The van der Waals surface area contributed by atoms with E-state index in [1.54, 1.807) is 12.4 Å². The Morgan fingerprint density at radius 1 is 1.31 bits per heavy atom. The maximum absolute atomic E-state index is 6.21. The lowest BCUT2D eigenvalue weighted by Gasteiger charge is -2.35. The number of pyridine rings is 1. The number of halogens is 1. The number of thiocarbonyl (C=S) groups is 1. The average molecular weight is 391 g/mol. The number of anilines is 2. The van der Waals surface area contributed by atoms with Gasteiger partial charge in [0.2, 0.25) is 5.95 Å². The van der Waals surface area contributed by atoms with Crippen molar-refractivity contribution in [1.29, 1.82) is 0 Å². The first-order valence-electron chi connectivity index (χ1n) is 8.73. The van der Waals surface area contributed by atoms with Crippen LogP contribution in [0.3, 0.4) is 0 Å². The van der Waals surface area contributed by atoms with E-state index >= 15 is 0 Å². The van der Waals surface area contributed by atoms with E-state index in [4.69, 9.17) is 23.8 Å². The third kappa shape index (κ3) is 5.25. The van der Waals surface area contributed by atoms with Gasteiger partial charge in [0, 0.05) is 38.1 Å². The van der Waals surface area contributed by atoms with E-state index in [0.717, 1.165) is 24.5 Å². The van der Waals surface area contributed by atoms with Crippen LogP contribution < -0.4 is 15.5 Å². The second kappa shape index (κ2) is 8.60. The van der Waals surface area contributed by atoms with Crippen LogP contribution in [0, 0.1) is 11.8 Å². The van der Waals surface area contributed by atoms with Gasteiger partial charge in [-0.05, 0) is 42.1 Å². The van der Waals surface area contributed by atoms with Gasteiger partial charge in [-0.25, -0.2) is 4.98 Å². The van der Waals surface area contributed by atoms with Crippen molar-refractivity contribution >= 4 is 40.7 Å². The molecular weight excluding hydrogens is 368 g/mol. The number of hydrogen-bond donors (Lipinski definition) is 2. The van der Waals surface area contributed by atoms with Crippen molar-refractivity contribution in [3.63, 3.8) is 0 Å². The Labute approximate surface area is 164 Å². The summed E-state index contributed by atoms with van der Waals surface area (Å²) in [7, 11) is 0. The lowest BCUT2D eigenvalue weighted by molar-refractivity contribution is 0.355. The summed E-state index contributed by atoms with van der Waals surface area (Å²) in [5, 5.41) is 6.99. The molecule has 26 heavy (non-hydrogen) atoms. The van der Waals surface area contributed by atoms with Crippen molar-refractivity contribution in [3.8, 4) is 0 Å². The molecule has 0 unspecified atom stereocenters. The van der Waals surface area contributed by atoms with Gasteiger partial charge in [-0.3, -0.25) is 4.98 Å². The normalized spacial score (nSPS) is 19.9. The van der Waals surface area contributed by atoms with Crippen LogP contribution in [-0.4, -0.2) is 33.2 Å². The lowest BCUT2D eigenvalue weighted by atomic mass is 9.92. The van der Waals surface area contributed by atoms with E-state index in [0.29, 0.717) is 34.6 Å². The fraction of sp³-hybridized carbons (Fsp3) is 0.444. The van der Waals surface area contributed by atoms with Gasteiger partial charge in [0.25, 0.3) is 0 Å². The smallest absolute Gasteiger partial charge is 0.232 e. The van der Waals surface area contributed by atoms with Gasteiger partial charge in [-0.15, -0.1) is 0 Å². The average Bonchev–Trinajstić information content (AvgIpc) is 2.59. The maximum Gasteiger partial charge on any atom is 0.232 e. The quantitative estimate of drug-likeness (QED) is 0.611. The van der Waals surface area contributed by atoms with E-state index in [2.05, 4.69) is 44.3 Å². The fourth-order valence-corrected chi connectivity index (χ4v) is 3.65. The molecule has 0 bridgehead atoms. The first-order valence-corrected chi connectivity index (χ1v) is 9.51. The van der Waals surface area contributed by atoms with Crippen molar-refractivity contribution in [3.05, 3.63) is 41.3 Å². The van der Waals surface area contributed by atoms with Crippen LogP contribution in [0.25, 0.3) is 0 Å². The topological polar surface area (TPSA) is 66.0 Å². The van der Waals surface area contributed by atoms with Crippen LogP contribution in [0.2, 0.25) is 5.15 Å². The monoisotopic (exact) mass is 390 g/mol. The van der Waals surface area contributed by atoms with Gasteiger partial charge in [0.15, 0.2) is 5.11 Å². The van der Waals surface area contributed by atoms with Crippen molar-refractivity contribution in [2.75, 3.05) is 23.3 Å². The summed E-state index contributed by atoms with van der Waals surface area (Å²) in [4.78, 5) is 15.2. The van der Waals surface area contributed by atoms with Crippen LogP contribution in [0.4, 0.5) is 11.8 Å². The molecule has 2 N–H and O–H groups in total. The molecule has 8 heteroatoms. The van der Waals surface area contributed by atoms with Gasteiger partial charge in [-0.1, -0.05) is 31.5 Å². The molecule has 138 valence electrons. The molecule has 0 aliphatic carbocycles. The second-order valence-corrected chi connectivity index (χ2v) is 7.69. The van der Waals surface area contributed by atoms with E-state index in [9.17, 15) is 0 Å². The molecule has 1 fully saturated rings. The van der Waals surface area contributed by atoms with E-state index in [-0.39, 0.29) is 0 Å².